The van der Waals surface area contributed by atoms with E-state index in [2.05, 4.69) is 10.3 Å². The van der Waals surface area contributed by atoms with E-state index < -0.39 is 0 Å². The molecule has 0 atom stereocenters. The van der Waals surface area contributed by atoms with E-state index in [0.29, 0.717) is 0 Å². The van der Waals surface area contributed by atoms with Gasteiger partial charge in [-0.25, -0.2) is 0 Å². The maximum Gasteiger partial charge on any atom is 0.0588 e. The van der Waals surface area contributed by atoms with Gasteiger partial charge in [-0.3, -0.25) is 4.98 Å². The number of halogens is 3. The van der Waals surface area contributed by atoms with Gasteiger partial charge in [0.05, 0.1) is 5.69 Å². The minimum atomic E-state index is 0. The topological polar surface area (TPSA) is 24.9 Å². The molecule has 74 valence electrons. The highest BCUT2D eigenvalue weighted by molar-refractivity contribution is 6.31. The van der Waals surface area contributed by atoms with Crippen molar-refractivity contribution < 1.29 is 0 Å². The number of hydrogen-bond donors (Lipinski definition) is 1. The maximum absolute atomic E-state index is 5.97. The van der Waals surface area contributed by atoms with Gasteiger partial charge in [-0.2, -0.15) is 0 Å². The molecule has 5 heteroatoms. The summed E-state index contributed by atoms with van der Waals surface area (Å²) in [5.74, 6) is 0. The van der Waals surface area contributed by atoms with Crippen molar-refractivity contribution in [1.29, 1.82) is 0 Å². The largest absolute Gasteiger partial charge is 0.311 e. The molecule has 0 unspecified atom stereocenters. The minimum absolute atomic E-state index is 0. The number of pyridine rings is 1. The van der Waals surface area contributed by atoms with E-state index in [1.54, 1.807) is 6.20 Å². The molecule has 0 aromatic carbocycles. The van der Waals surface area contributed by atoms with Crippen molar-refractivity contribution in [3.05, 3.63) is 28.5 Å². The Kier molecular flexibility index (Phi) is 5.65. The SMILES string of the molecule is Cl.Cl.Clc1ccnc2c1CCNC2. The predicted octanol–water partition coefficient (Wildman–Crippen LogP) is 2.22. The molecule has 0 saturated carbocycles. The Labute approximate surface area is 94.9 Å². The van der Waals surface area contributed by atoms with Crippen molar-refractivity contribution in [1.82, 2.24) is 10.3 Å². The lowest BCUT2D eigenvalue weighted by molar-refractivity contribution is 0.627. The lowest BCUT2D eigenvalue weighted by atomic mass is 10.1. The molecule has 0 radical (unpaired) electrons. The summed E-state index contributed by atoms with van der Waals surface area (Å²) in [7, 11) is 0. The fraction of sp³-hybridized carbons (Fsp3) is 0.375. The van der Waals surface area contributed by atoms with E-state index in [9.17, 15) is 0 Å². The zero-order chi connectivity index (χ0) is 7.68. The van der Waals surface area contributed by atoms with Gasteiger partial charge in [0, 0.05) is 17.8 Å². The van der Waals surface area contributed by atoms with Crippen LogP contribution in [-0.2, 0) is 13.0 Å². The van der Waals surface area contributed by atoms with Crippen LogP contribution in [-0.4, -0.2) is 11.5 Å². The first-order valence-electron chi connectivity index (χ1n) is 3.71. The smallest absolute Gasteiger partial charge is 0.0588 e. The van der Waals surface area contributed by atoms with Gasteiger partial charge in [-0.05, 0) is 24.6 Å². The maximum atomic E-state index is 5.97. The van der Waals surface area contributed by atoms with Crippen molar-refractivity contribution in [2.24, 2.45) is 0 Å². The molecule has 0 aliphatic carbocycles. The zero-order valence-electron chi connectivity index (χ0n) is 6.92. The Bertz CT molecular complexity index is 278. The van der Waals surface area contributed by atoms with Crippen LogP contribution in [0, 0.1) is 0 Å². The Hall–Kier alpha value is -0.0200. The minimum Gasteiger partial charge on any atom is -0.311 e. The average Bonchev–Trinajstić information content (AvgIpc) is 2.06. The molecule has 2 nitrogen and oxygen atoms in total. The fourth-order valence-corrected chi connectivity index (χ4v) is 1.61. The van der Waals surface area contributed by atoms with Gasteiger partial charge < -0.3 is 5.32 Å². The molecular weight excluding hydrogens is 230 g/mol. The molecule has 0 bridgehead atoms. The van der Waals surface area contributed by atoms with Crippen LogP contribution < -0.4 is 5.32 Å². The van der Waals surface area contributed by atoms with Gasteiger partial charge in [0.25, 0.3) is 0 Å². The van der Waals surface area contributed by atoms with Crippen LogP contribution in [0.5, 0.6) is 0 Å². The molecule has 2 heterocycles. The van der Waals surface area contributed by atoms with E-state index >= 15 is 0 Å². The Morgan fingerprint density at radius 3 is 2.85 bits per heavy atom. The van der Waals surface area contributed by atoms with Gasteiger partial charge in [-0.1, -0.05) is 11.6 Å². The molecule has 1 aliphatic rings. The van der Waals surface area contributed by atoms with Crippen LogP contribution in [0.1, 0.15) is 11.3 Å². The highest BCUT2D eigenvalue weighted by atomic mass is 35.5. The number of nitrogens with one attached hydrogen (secondary N) is 1. The first-order chi connectivity index (χ1) is 5.38. The van der Waals surface area contributed by atoms with Gasteiger partial charge in [0.2, 0.25) is 0 Å². The average molecular weight is 242 g/mol. The van der Waals surface area contributed by atoms with E-state index in [1.165, 1.54) is 5.56 Å². The van der Waals surface area contributed by atoms with E-state index in [0.717, 1.165) is 30.2 Å². The first-order valence-corrected chi connectivity index (χ1v) is 4.08. The molecule has 1 aromatic heterocycles. The second-order valence-corrected chi connectivity index (χ2v) is 3.05. The molecule has 2 rings (SSSR count). The van der Waals surface area contributed by atoms with Crippen LogP contribution in [0.25, 0.3) is 0 Å². The second kappa shape index (κ2) is 5.66. The van der Waals surface area contributed by atoms with Crippen molar-refractivity contribution in [2.45, 2.75) is 13.0 Å². The van der Waals surface area contributed by atoms with E-state index in [4.69, 9.17) is 11.6 Å². The Morgan fingerprint density at radius 1 is 1.38 bits per heavy atom. The summed E-state index contributed by atoms with van der Waals surface area (Å²) in [6.45, 7) is 1.87. The molecule has 0 fully saturated rings. The molecule has 1 aliphatic heterocycles. The standard InChI is InChI=1S/C8H9ClN2.2ClH/c9-7-2-4-11-8-5-10-3-1-6(7)8;;/h2,4,10H,1,3,5H2;2*1H. The molecule has 1 aromatic rings. The zero-order valence-corrected chi connectivity index (χ0v) is 9.31. The Balaban J connectivity index is 0.000000720. The van der Waals surface area contributed by atoms with Crippen LogP contribution in [0.15, 0.2) is 12.3 Å². The van der Waals surface area contributed by atoms with E-state index in [-0.39, 0.29) is 24.8 Å². The normalized spacial score (nSPS) is 13.6. The fourth-order valence-electron chi connectivity index (χ4n) is 1.35. The van der Waals surface area contributed by atoms with Gasteiger partial charge in [0.15, 0.2) is 0 Å². The molecule has 1 N–H and O–H groups in total. The van der Waals surface area contributed by atoms with Crippen molar-refractivity contribution >= 4 is 36.4 Å². The summed E-state index contributed by atoms with van der Waals surface area (Å²) in [6.07, 6.45) is 2.76. The third kappa shape index (κ3) is 2.71. The summed E-state index contributed by atoms with van der Waals surface area (Å²) in [5.41, 5.74) is 2.32. The summed E-state index contributed by atoms with van der Waals surface area (Å²) in [5, 5.41) is 4.10. The summed E-state index contributed by atoms with van der Waals surface area (Å²) >= 11 is 5.97. The van der Waals surface area contributed by atoms with Crippen LogP contribution in [0.4, 0.5) is 0 Å². The number of fused-ring (bicyclic) bond motifs is 1. The first kappa shape index (κ1) is 13.0. The Morgan fingerprint density at radius 2 is 2.15 bits per heavy atom. The van der Waals surface area contributed by atoms with Crippen LogP contribution in [0.3, 0.4) is 0 Å². The molecule has 0 amide bonds. The number of nitrogens with zero attached hydrogens (tertiary/aromatic N) is 1. The highest BCUT2D eigenvalue weighted by Crippen LogP contribution is 2.20. The summed E-state index contributed by atoms with van der Waals surface area (Å²) in [6, 6.07) is 1.85. The number of aromatic nitrogens is 1. The highest BCUT2D eigenvalue weighted by Gasteiger charge is 2.11. The second-order valence-electron chi connectivity index (χ2n) is 2.64. The lowest BCUT2D eigenvalue weighted by Crippen LogP contribution is -2.24. The molecule has 0 spiro atoms. The van der Waals surface area contributed by atoms with Gasteiger partial charge in [-0.15, -0.1) is 24.8 Å². The third-order valence-electron chi connectivity index (χ3n) is 1.93. The molecule has 0 saturated heterocycles. The van der Waals surface area contributed by atoms with Crippen LogP contribution in [0.2, 0.25) is 5.02 Å². The third-order valence-corrected chi connectivity index (χ3v) is 2.29. The molecular formula is C8H11Cl3N2. The summed E-state index contributed by atoms with van der Waals surface area (Å²) < 4.78 is 0. The monoisotopic (exact) mass is 240 g/mol. The van der Waals surface area contributed by atoms with Gasteiger partial charge in [0.1, 0.15) is 0 Å². The number of hydrogen-bond acceptors (Lipinski definition) is 2. The van der Waals surface area contributed by atoms with Gasteiger partial charge >= 0.3 is 0 Å². The van der Waals surface area contributed by atoms with E-state index in [1.807, 2.05) is 6.07 Å². The summed E-state index contributed by atoms with van der Waals surface area (Å²) in [4.78, 5) is 4.23. The molecule has 13 heavy (non-hydrogen) atoms. The number of rotatable bonds is 0. The van der Waals surface area contributed by atoms with Crippen LogP contribution >= 0.6 is 36.4 Å². The lowest BCUT2D eigenvalue weighted by Gasteiger charge is -2.16. The predicted molar refractivity (Wildman–Crippen MR) is 59.2 cm³/mol. The van der Waals surface area contributed by atoms with Crippen molar-refractivity contribution in [2.75, 3.05) is 6.54 Å². The quantitative estimate of drug-likeness (QED) is 0.753. The van der Waals surface area contributed by atoms with Crippen molar-refractivity contribution in [3.63, 3.8) is 0 Å². The van der Waals surface area contributed by atoms with Crippen molar-refractivity contribution in [3.8, 4) is 0 Å².